The highest BCUT2D eigenvalue weighted by Crippen LogP contribution is 2.26. The van der Waals surface area contributed by atoms with Crippen molar-refractivity contribution in [2.45, 2.75) is 13.5 Å². The minimum absolute atomic E-state index is 0.330. The SMILES string of the molecule is Cc1oc(-c2cccs2)nc1Cn1c(=O)oc2ccccc21. The van der Waals surface area contributed by atoms with Gasteiger partial charge >= 0.3 is 5.76 Å². The molecule has 0 unspecified atom stereocenters. The van der Waals surface area contributed by atoms with Crippen molar-refractivity contribution in [3.8, 4) is 10.8 Å². The molecule has 0 bridgehead atoms. The Balaban J connectivity index is 1.77. The minimum atomic E-state index is -0.388. The number of aromatic nitrogens is 2. The molecule has 0 aliphatic heterocycles. The van der Waals surface area contributed by atoms with Crippen LogP contribution in [0.3, 0.4) is 0 Å². The Morgan fingerprint density at radius 2 is 2.05 bits per heavy atom. The fourth-order valence-electron chi connectivity index (χ4n) is 2.39. The minimum Gasteiger partial charge on any atom is -0.440 e. The van der Waals surface area contributed by atoms with Crippen molar-refractivity contribution in [2.24, 2.45) is 0 Å². The Hall–Kier alpha value is -2.60. The van der Waals surface area contributed by atoms with Gasteiger partial charge in [0.05, 0.1) is 16.9 Å². The van der Waals surface area contributed by atoms with Crippen LogP contribution in [0.25, 0.3) is 21.9 Å². The summed E-state index contributed by atoms with van der Waals surface area (Å²) in [5.74, 6) is 0.908. The summed E-state index contributed by atoms with van der Waals surface area (Å²) in [5, 5.41) is 1.97. The zero-order chi connectivity index (χ0) is 15.1. The van der Waals surface area contributed by atoms with Gasteiger partial charge in [-0.25, -0.2) is 9.78 Å². The number of hydrogen-bond acceptors (Lipinski definition) is 5. The molecule has 4 rings (SSSR count). The molecule has 3 aromatic heterocycles. The van der Waals surface area contributed by atoms with Gasteiger partial charge in [0.15, 0.2) is 5.58 Å². The molecule has 22 heavy (non-hydrogen) atoms. The van der Waals surface area contributed by atoms with E-state index in [1.54, 1.807) is 22.0 Å². The maximum Gasteiger partial charge on any atom is 0.420 e. The molecule has 0 atom stereocenters. The smallest absolute Gasteiger partial charge is 0.420 e. The lowest BCUT2D eigenvalue weighted by atomic mass is 10.3. The summed E-state index contributed by atoms with van der Waals surface area (Å²) in [6.45, 7) is 2.18. The van der Waals surface area contributed by atoms with E-state index in [9.17, 15) is 4.79 Å². The molecule has 0 saturated carbocycles. The zero-order valence-electron chi connectivity index (χ0n) is 11.8. The Labute approximate surface area is 129 Å². The average Bonchev–Trinajstić information content (AvgIpc) is 3.21. The zero-order valence-corrected chi connectivity index (χ0v) is 12.6. The fraction of sp³-hybridized carbons (Fsp3) is 0.125. The summed E-state index contributed by atoms with van der Waals surface area (Å²) in [5.41, 5.74) is 2.07. The number of hydrogen-bond donors (Lipinski definition) is 0. The van der Waals surface area contributed by atoms with Gasteiger partial charge in [-0.1, -0.05) is 18.2 Å². The molecular formula is C16H12N2O3S. The molecule has 0 saturated heterocycles. The molecule has 4 aromatic rings. The molecule has 0 spiro atoms. The van der Waals surface area contributed by atoms with E-state index in [4.69, 9.17) is 8.83 Å². The van der Waals surface area contributed by atoms with Crippen LogP contribution in [0.2, 0.25) is 0 Å². The van der Waals surface area contributed by atoms with Crippen LogP contribution in [0.15, 0.2) is 55.4 Å². The van der Waals surface area contributed by atoms with Crippen LogP contribution >= 0.6 is 11.3 Å². The van der Waals surface area contributed by atoms with E-state index < -0.39 is 0 Å². The van der Waals surface area contributed by atoms with Gasteiger partial charge in [0.2, 0.25) is 5.89 Å². The number of nitrogens with zero attached hydrogens (tertiary/aromatic N) is 2. The van der Waals surface area contributed by atoms with Gasteiger partial charge in [-0.2, -0.15) is 0 Å². The summed E-state index contributed by atoms with van der Waals surface area (Å²) >= 11 is 1.57. The summed E-state index contributed by atoms with van der Waals surface area (Å²) < 4.78 is 12.5. The first-order chi connectivity index (χ1) is 10.7. The normalized spacial score (nSPS) is 11.3. The molecular weight excluding hydrogens is 300 g/mol. The highest BCUT2D eigenvalue weighted by molar-refractivity contribution is 7.13. The first-order valence-corrected chi connectivity index (χ1v) is 7.69. The molecule has 1 aromatic carbocycles. The number of thiophene rings is 1. The molecule has 6 heteroatoms. The van der Waals surface area contributed by atoms with Crippen LogP contribution in [0.5, 0.6) is 0 Å². The van der Waals surface area contributed by atoms with Gasteiger partial charge in [-0.15, -0.1) is 11.3 Å². The summed E-state index contributed by atoms with van der Waals surface area (Å²) in [6.07, 6.45) is 0. The molecule has 0 fully saturated rings. The molecule has 0 N–H and O–H groups in total. The largest absolute Gasteiger partial charge is 0.440 e. The van der Waals surface area contributed by atoms with Crippen molar-refractivity contribution in [1.82, 2.24) is 9.55 Å². The predicted octanol–water partition coefficient (Wildman–Crippen LogP) is 3.67. The number of para-hydroxylation sites is 2. The maximum atomic E-state index is 12.0. The second-order valence-corrected chi connectivity index (χ2v) is 5.87. The lowest BCUT2D eigenvalue weighted by molar-refractivity contribution is 0.511. The van der Waals surface area contributed by atoms with Crippen LogP contribution in [0.4, 0.5) is 0 Å². The highest BCUT2D eigenvalue weighted by Gasteiger charge is 2.16. The number of fused-ring (bicyclic) bond motifs is 1. The first-order valence-electron chi connectivity index (χ1n) is 6.81. The van der Waals surface area contributed by atoms with E-state index >= 15 is 0 Å². The van der Waals surface area contributed by atoms with Crippen molar-refractivity contribution < 1.29 is 8.83 Å². The summed E-state index contributed by atoms with van der Waals surface area (Å²) in [6, 6.07) is 11.3. The van der Waals surface area contributed by atoms with Crippen LogP contribution in [-0.2, 0) is 6.54 Å². The van der Waals surface area contributed by atoms with E-state index in [0.29, 0.717) is 23.8 Å². The standard InChI is InChI=1S/C16H12N2O3S/c1-10-11(17-15(20-10)14-7-4-8-22-14)9-18-12-5-2-3-6-13(12)21-16(18)19/h2-8H,9H2,1H3. The quantitative estimate of drug-likeness (QED) is 0.579. The Kier molecular flexibility index (Phi) is 2.97. The number of oxazole rings is 2. The molecule has 0 radical (unpaired) electrons. The number of aryl methyl sites for hydroxylation is 1. The number of rotatable bonds is 3. The maximum absolute atomic E-state index is 12.0. The van der Waals surface area contributed by atoms with E-state index in [1.165, 1.54) is 0 Å². The van der Waals surface area contributed by atoms with E-state index in [1.807, 2.05) is 42.6 Å². The average molecular weight is 312 g/mol. The van der Waals surface area contributed by atoms with Crippen LogP contribution < -0.4 is 5.76 Å². The van der Waals surface area contributed by atoms with Gasteiger partial charge in [-0.3, -0.25) is 4.57 Å². The summed E-state index contributed by atoms with van der Waals surface area (Å²) in [4.78, 5) is 17.5. The van der Waals surface area contributed by atoms with Crippen molar-refractivity contribution in [1.29, 1.82) is 0 Å². The van der Waals surface area contributed by atoms with Gasteiger partial charge < -0.3 is 8.83 Å². The second-order valence-electron chi connectivity index (χ2n) is 4.92. The molecule has 3 heterocycles. The molecule has 5 nitrogen and oxygen atoms in total. The van der Waals surface area contributed by atoms with E-state index in [2.05, 4.69) is 4.98 Å². The van der Waals surface area contributed by atoms with E-state index in [-0.39, 0.29) is 5.76 Å². The van der Waals surface area contributed by atoms with Gasteiger partial charge in [0.25, 0.3) is 0 Å². The van der Waals surface area contributed by atoms with Crippen molar-refractivity contribution in [3.63, 3.8) is 0 Å². The first kappa shape index (κ1) is 13.1. The third-order valence-electron chi connectivity index (χ3n) is 3.51. The predicted molar refractivity (Wildman–Crippen MR) is 84.1 cm³/mol. The van der Waals surface area contributed by atoms with Crippen molar-refractivity contribution in [2.75, 3.05) is 0 Å². The van der Waals surface area contributed by atoms with Gasteiger partial charge in [0.1, 0.15) is 11.5 Å². The van der Waals surface area contributed by atoms with Gasteiger partial charge in [0, 0.05) is 0 Å². The third-order valence-corrected chi connectivity index (χ3v) is 4.36. The monoisotopic (exact) mass is 312 g/mol. The van der Waals surface area contributed by atoms with E-state index in [0.717, 1.165) is 16.1 Å². The van der Waals surface area contributed by atoms with Crippen LogP contribution in [0, 0.1) is 6.92 Å². The fourth-order valence-corrected chi connectivity index (χ4v) is 3.04. The van der Waals surface area contributed by atoms with Crippen molar-refractivity contribution in [3.05, 3.63) is 63.8 Å². The summed E-state index contributed by atoms with van der Waals surface area (Å²) in [7, 11) is 0. The molecule has 110 valence electrons. The van der Waals surface area contributed by atoms with Crippen LogP contribution in [-0.4, -0.2) is 9.55 Å². The Morgan fingerprint density at radius 3 is 2.86 bits per heavy atom. The highest BCUT2D eigenvalue weighted by atomic mass is 32.1. The lowest BCUT2D eigenvalue weighted by Gasteiger charge is -1.99. The lowest BCUT2D eigenvalue weighted by Crippen LogP contribution is -2.15. The Bertz CT molecular complexity index is 992. The van der Waals surface area contributed by atoms with Crippen molar-refractivity contribution >= 4 is 22.4 Å². The molecule has 0 aliphatic rings. The molecule has 0 aliphatic carbocycles. The van der Waals surface area contributed by atoms with Crippen LogP contribution in [0.1, 0.15) is 11.5 Å². The molecule has 0 amide bonds. The van der Waals surface area contributed by atoms with Gasteiger partial charge in [-0.05, 0) is 30.5 Å². The topological polar surface area (TPSA) is 61.2 Å². The Morgan fingerprint density at radius 1 is 1.18 bits per heavy atom. The number of benzene rings is 1. The third kappa shape index (κ3) is 2.08. The second kappa shape index (κ2) is 4.99.